The number of hydrogen-bond donors (Lipinski definition) is 1. The SMILES string of the molecule is CCC(CC)CN(CC)CC(C)NC. The first-order valence-corrected chi connectivity index (χ1v) is 6.07. The lowest BCUT2D eigenvalue weighted by Gasteiger charge is -2.27. The van der Waals surface area contributed by atoms with E-state index in [4.69, 9.17) is 0 Å². The summed E-state index contributed by atoms with van der Waals surface area (Å²) in [6, 6.07) is 0.601. The largest absolute Gasteiger partial charge is 0.316 e. The van der Waals surface area contributed by atoms with E-state index < -0.39 is 0 Å². The Morgan fingerprint density at radius 1 is 1.07 bits per heavy atom. The molecule has 0 aliphatic carbocycles. The van der Waals surface area contributed by atoms with Gasteiger partial charge in [0.2, 0.25) is 0 Å². The van der Waals surface area contributed by atoms with Crippen molar-refractivity contribution in [3.05, 3.63) is 0 Å². The molecule has 0 aliphatic rings. The lowest BCUT2D eigenvalue weighted by atomic mass is 10.0. The van der Waals surface area contributed by atoms with E-state index in [2.05, 4.69) is 37.9 Å². The van der Waals surface area contributed by atoms with Crippen LogP contribution in [0.15, 0.2) is 0 Å². The lowest BCUT2D eigenvalue weighted by Crippen LogP contribution is -2.39. The van der Waals surface area contributed by atoms with Crippen LogP contribution >= 0.6 is 0 Å². The highest BCUT2D eigenvalue weighted by molar-refractivity contribution is 4.68. The van der Waals surface area contributed by atoms with Gasteiger partial charge in [-0.15, -0.1) is 0 Å². The lowest BCUT2D eigenvalue weighted by molar-refractivity contribution is 0.217. The summed E-state index contributed by atoms with van der Waals surface area (Å²) < 4.78 is 0. The summed E-state index contributed by atoms with van der Waals surface area (Å²) in [5.41, 5.74) is 0. The summed E-state index contributed by atoms with van der Waals surface area (Å²) in [5, 5.41) is 3.30. The molecule has 0 aliphatic heterocycles. The first kappa shape index (κ1) is 13.9. The topological polar surface area (TPSA) is 15.3 Å². The van der Waals surface area contributed by atoms with Gasteiger partial charge < -0.3 is 10.2 Å². The van der Waals surface area contributed by atoms with Crippen LogP contribution in [-0.4, -0.2) is 37.6 Å². The third kappa shape index (κ3) is 5.61. The zero-order chi connectivity index (χ0) is 11.0. The average molecular weight is 200 g/mol. The summed E-state index contributed by atoms with van der Waals surface area (Å²) in [6.45, 7) is 12.7. The number of nitrogens with zero attached hydrogens (tertiary/aromatic N) is 1. The molecule has 0 aromatic carbocycles. The number of nitrogens with one attached hydrogen (secondary N) is 1. The standard InChI is InChI=1S/C12H28N2/c1-6-12(7-2)10-14(8-3)9-11(4)13-5/h11-13H,6-10H2,1-5H3. The van der Waals surface area contributed by atoms with E-state index in [1.807, 2.05) is 7.05 Å². The maximum atomic E-state index is 3.30. The highest BCUT2D eigenvalue weighted by Crippen LogP contribution is 2.09. The van der Waals surface area contributed by atoms with Crippen molar-refractivity contribution in [2.24, 2.45) is 5.92 Å². The Morgan fingerprint density at radius 3 is 2.00 bits per heavy atom. The summed E-state index contributed by atoms with van der Waals surface area (Å²) in [6.07, 6.45) is 2.61. The first-order chi connectivity index (χ1) is 6.67. The summed E-state index contributed by atoms with van der Waals surface area (Å²) >= 11 is 0. The van der Waals surface area contributed by atoms with Crippen molar-refractivity contribution in [1.29, 1.82) is 0 Å². The van der Waals surface area contributed by atoms with Crippen molar-refractivity contribution >= 4 is 0 Å². The predicted octanol–water partition coefficient (Wildman–Crippen LogP) is 2.35. The minimum absolute atomic E-state index is 0.601. The molecule has 0 radical (unpaired) electrons. The first-order valence-electron chi connectivity index (χ1n) is 6.07. The fraction of sp³-hybridized carbons (Fsp3) is 1.00. The van der Waals surface area contributed by atoms with Gasteiger partial charge in [0.05, 0.1) is 0 Å². The van der Waals surface area contributed by atoms with E-state index in [1.165, 1.54) is 32.5 Å². The Balaban J connectivity index is 3.88. The molecular formula is C12H28N2. The average Bonchev–Trinajstić information content (AvgIpc) is 2.23. The van der Waals surface area contributed by atoms with Crippen molar-refractivity contribution in [2.45, 2.75) is 46.6 Å². The van der Waals surface area contributed by atoms with Gasteiger partial charge in [-0.3, -0.25) is 0 Å². The van der Waals surface area contributed by atoms with Crippen LogP contribution in [0.2, 0.25) is 0 Å². The Bertz CT molecular complexity index is 121. The van der Waals surface area contributed by atoms with Crippen molar-refractivity contribution in [1.82, 2.24) is 10.2 Å². The third-order valence-corrected chi connectivity index (χ3v) is 3.14. The van der Waals surface area contributed by atoms with Gasteiger partial charge in [-0.2, -0.15) is 0 Å². The molecule has 0 bridgehead atoms. The molecule has 0 fully saturated rings. The van der Waals surface area contributed by atoms with Gasteiger partial charge in [-0.25, -0.2) is 0 Å². The van der Waals surface area contributed by atoms with Gasteiger partial charge in [0.1, 0.15) is 0 Å². The molecule has 14 heavy (non-hydrogen) atoms. The van der Waals surface area contributed by atoms with E-state index in [9.17, 15) is 0 Å². The van der Waals surface area contributed by atoms with E-state index in [0.717, 1.165) is 5.92 Å². The van der Waals surface area contributed by atoms with E-state index in [1.54, 1.807) is 0 Å². The number of rotatable bonds is 8. The Labute approximate surface area is 90.1 Å². The van der Waals surface area contributed by atoms with Gasteiger partial charge >= 0.3 is 0 Å². The highest BCUT2D eigenvalue weighted by Gasteiger charge is 2.11. The van der Waals surface area contributed by atoms with Gasteiger partial charge in [0, 0.05) is 19.1 Å². The number of hydrogen-bond acceptors (Lipinski definition) is 2. The van der Waals surface area contributed by atoms with Gasteiger partial charge in [0.15, 0.2) is 0 Å². The van der Waals surface area contributed by atoms with Crippen LogP contribution in [0.3, 0.4) is 0 Å². The molecule has 0 aromatic heterocycles. The van der Waals surface area contributed by atoms with Crippen molar-refractivity contribution in [2.75, 3.05) is 26.7 Å². The van der Waals surface area contributed by atoms with Crippen molar-refractivity contribution in [3.63, 3.8) is 0 Å². The van der Waals surface area contributed by atoms with E-state index in [-0.39, 0.29) is 0 Å². The molecule has 0 heterocycles. The van der Waals surface area contributed by atoms with Crippen LogP contribution in [-0.2, 0) is 0 Å². The van der Waals surface area contributed by atoms with E-state index in [0.29, 0.717) is 6.04 Å². The van der Waals surface area contributed by atoms with Gasteiger partial charge in [0.25, 0.3) is 0 Å². The van der Waals surface area contributed by atoms with Crippen LogP contribution in [0, 0.1) is 5.92 Å². The zero-order valence-corrected chi connectivity index (χ0v) is 10.6. The molecule has 0 saturated heterocycles. The molecule has 2 nitrogen and oxygen atoms in total. The second-order valence-electron chi connectivity index (χ2n) is 4.22. The summed E-state index contributed by atoms with van der Waals surface area (Å²) in [7, 11) is 2.04. The minimum Gasteiger partial charge on any atom is -0.316 e. The molecule has 2 heteroatoms. The molecule has 1 unspecified atom stereocenters. The number of likely N-dealkylation sites (N-methyl/N-ethyl adjacent to an activating group) is 2. The van der Waals surface area contributed by atoms with Crippen molar-refractivity contribution in [3.8, 4) is 0 Å². The van der Waals surface area contributed by atoms with Crippen LogP contribution in [0.25, 0.3) is 0 Å². The summed E-state index contributed by atoms with van der Waals surface area (Å²) in [4.78, 5) is 2.55. The van der Waals surface area contributed by atoms with Crippen LogP contribution < -0.4 is 5.32 Å². The molecule has 0 spiro atoms. The fourth-order valence-electron chi connectivity index (χ4n) is 1.72. The normalized spacial score (nSPS) is 13.9. The highest BCUT2D eigenvalue weighted by atomic mass is 15.1. The second-order valence-corrected chi connectivity index (χ2v) is 4.22. The fourth-order valence-corrected chi connectivity index (χ4v) is 1.72. The molecular weight excluding hydrogens is 172 g/mol. The molecule has 0 amide bonds. The molecule has 0 saturated carbocycles. The molecule has 86 valence electrons. The molecule has 0 rings (SSSR count). The van der Waals surface area contributed by atoms with Crippen LogP contribution in [0.4, 0.5) is 0 Å². The molecule has 1 atom stereocenters. The summed E-state index contributed by atoms with van der Waals surface area (Å²) in [5.74, 6) is 0.874. The Hall–Kier alpha value is -0.0800. The van der Waals surface area contributed by atoms with Crippen molar-refractivity contribution < 1.29 is 0 Å². The monoisotopic (exact) mass is 200 g/mol. The van der Waals surface area contributed by atoms with E-state index >= 15 is 0 Å². The maximum Gasteiger partial charge on any atom is 0.0163 e. The minimum atomic E-state index is 0.601. The predicted molar refractivity (Wildman–Crippen MR) is 64.7 cm³/mol. The second kappa shape index (κ2) is 8.25. The Morgan fingerprint density at radius 2 is 1.64 bits per heavy atom. The van der Waals surface area contributed by atoms with Crippen LogP contribution in [0.1, 0.15) is 40.5 Å². The Kier molecular flexibility index (Phi) is 8.20. The third-order valence-electron chi connectivity index (χ3n) is 3.14. The smallest absolute Gasteiger partial charge is 0.0163 e. The van der Waals surface area contributed by atoms with Crippen LogP contribution in [0.5, 0.6) is 0 Å². The maximum absolute atomic E-state index is 3.30. The van der Waals surface area contributed by atoms with Gasteiger partial charge in [-0.05, 0) is 26.4 Å². The zero-order valence-electron chi connectivity index (χ0n) is 10.6. The molecule has 0 aromatic rings. The van der Waals surface area contributed by atoms with Gasteiger partial charge in [-0.1, -0.05) is 33.6 Å². The molecule has 1 N–H and O–H groups in total. The quantitative estimate of drug-likeness (QED) is 0.647.